The summed E-state index contributed by atoms with van der Waals surface area (Å²) in [5, 5.41) is 2.61. The van der Waals surface area contributed by atoms with Crippen LogP contribution in [-0.4, -0.2) is 36.4 Å². The molecule has 1 saturated heterocycles. The number of ether oxygens (including phenoxy) is 3. The molecule has 8 heteroatoms. The summed E-state index contributed by atoms with van der Waals surface area (Å²) in [5.74, 6) is -0.924. The predicted octanol–water partition coefficient (Wildman–Crippen LogP) is 1.33. The lowest BCUT2D eigenvalue weighted by Crippen LogP contribution is -2.67. The minimum Gasteiger partial charge on any atom is -0.444 e. The molecular weight excluding hydrogens is 316 g/mol. The van der Waals surface area contributed by atoms with Crippen LogP contribution in [-0.2, 0) is 25.6 Å². The first kappa shape index (κ1) is 17.6. The summed E-state index contributed by atoms with van der Waals surface area (Å²) in [6.45, 7) is 3.26. The van der Waals surface area contributed by atoms with Gasteiger partial charge in [-0.3, -0.25) is 4.79 Å². The number of primary amides is 1. The Labute approximate surface area is 139 Å². The summed E-state index contributed by atoms with van der Waals surface area (Å²) in [4.78, 5) is 34.3. The van der Waals surface area contributed by atoms with Gasteiger partial charge in [-0.15, -0.1) is 0 Å². The molecule has 1 aliphatic heterocycles. The molecule has 0 radical (unpaired) electrons. The maximum absolute atomic E-state index is 11.8. The molecule has 0 aliphatic carbocycles. The van der Waals surface area contributed by atoms with Crippen molar-refractivity contribution >= 4 is 18.2 Å². The number of benzene rings is 1. The van der Waals surface area contributed by atoms with Crippen molar-refractivity contribution in [2.45, 2.75) is 38.7 Å². The lowest BCUT2D eigenvalue weighted by atomic mass is 9.83. The maximum atomic E-state index is 11.8. The molecule has 4 atom stereocenters. The second-order valence-corrected chi connectivity index (χ2v) is 5.55. The third-order valence-corrected chi connectivity index (χ3v) is 3.79. The highest BCUT2D eigenvalue weighted by atomic mass is 16.7. The number of hydrogen-bond donors (Lipinski definition) is 2. The van der Waals surface area contributed by atoms with E-state index in [1.54, 1.807) is 13.8 Å². The van der Waals surface area contributed by atoms with E-state index in [1.165, 1.54) is 0 Å². The summed E-state index contributed by atoms with van der Waals surface area (Å²) in [7, 11) is 0. The number of β-lactam (4-membered cyclic amide) rings is 1. The number of nitrogens with one attached hydrogen (secondary N) is 1. The van der Waals surface area contributed by atoms with Gasteiger partial charge in [0, 0.05) is 0 Å². The summed E-state index contributed by atoms with van der Waals surface area (Å²) in [6.07, 6.45) is -3.16. The van der Waals surface area contributed by atoms with Gasteiger partial charge >= 0.3 is 12.2 Å². The fourth-order valence-electron chi connectivity index (χ4n) is 2.56. The lowest BCUT2D eigenvalue weighted by Gasteiger charge is -2.41. The minimum absolute atomic E-state index is 0.0773. The third kappa shape index (κ3) is 4.37. The Balaban J connectivity index is 1.83. The van der Waals surface area contributed by atoms with E-state index >= 15 is 0 Å². The van der Waals surface area contributed by atoms with Crippen LogP contribution in [0.5, 0.6) is 0 Å². The van der Waals surface area contributed by atoms with Crippen molar-refractivity contribution in [3.05, 3.63) is 35.9 Å². The summed E-state index contributed by atoms with van der Waals surface area (Å²) >= 11 is 0. The van der Waals surface area contributed by atoms with E-state index in [9.17, 15) is 14.4 Å². The van der Waals surface area contributed by atoms with E-state index in [0.717, 1.165) is 5.56 Å². The maximum Gasteiger partial charge on any atom is 0.508 e. The first-order valence-electron chi connectivity index (χ1n) is 7.52. The Kier molecular flexibility index (Phi) is 5.62. The molecule has 1 heterocycles. The van der Waals surface area contributed by atoms with Gasteiger partial charge in [-0.1, -0.05) is 30.3 Å². The molecule has 1 aromatic rings. The van der Waals surface area contributed by atoms with Crippen LogP contribution in [0.2, 0.25) is 0 Å². The van der Waals surface area contributed by atoms with Crippen LogP contribution in [0, 0.1) is 5.92 Å². The van der Waals surface area contributed by atoms with Crippen LogP contribution in [0.1, 0.15) is 19.4 Å². The van der Waals surface area contributed by atoms with Crippen molar-refractivity contribution in [3.8, 4) is 0 Å². The zero-order valence-electron chi connectivity index (χ0n) is 13.4. The van der Waals surface area contributed by atoms with Gasteiger partial charge in [0.15, 0.2) is 0 Å². The average molecular weight is 336 g/mol. The molecule has 130 valence electrons. The Bertz CT molecular complexity index is 606. The van der Waals surface area contributed by atoms with E-state index in [1.807, 2.05) is 30.3 Å². The number of rotatable bonds is 6. The number of carbonyl (C=O) groups is 3. The summed E-state index contributed by atoms with van der Waals surface area (Å²) in [6, 6.07) is 8.67. The van der Waals surface area contributed by atoms with Crippen LogP contribution in [0.3, 0.4) is 0 Å². The fraction of sp³-hybridized carbons (Fsp3) is 0.438. The Morgan fingerprint density at radius 2 is 1.83 bits per heavy atom. The molecule has 1 aromatic carbocycles. The number of amides is 2. The van der Waals surface area contributed by atoms with Crippen LogP contribution >= 0.6 is 0 Å². The van der Waals surface area contributed by atoms with E-state index < -0.39 is 36.4 Å². The van der Waals surface area contributed by atoms with Gasteiger partial charge < -0.3 is 25.3 Å². The normalized spacial score (nSPS) is 21.7. The molecule has 8 nitrogen and oxygen atoms in total. The predicted molar refractivity (Wildman–Crippen MR) is 82.7 cm³/mol. The molecular formula is C16H20N2O6. The second-order valence-electron chi connectivity index (χ2n) is 5.55. The van der Waals surface area contributed by atoms with Crippen LogP contribution in [0.4, 0.5) is 9.59 Å². The molecule has 0 bridgehead atoms. The SMILES string of the molecule is C[C@H](OC(N)=O)[C@H]1NC(=O)[C@@H]1[C@@H](C)OC(=O)OCc1ccccc1. The van der Waals surface area contributed by atoms with E-state index in [0.29, 0.717) is 0 Å². The van der Waals surface area contributed by atoms with Crippen molar-refractivity contribution in [3.63, 3.8) is 0 Å². The van der Waals surface area contributed by atoms with Crippen molar-refractivity contribution in [1.29, 1.82) is 0 Å². The smallest absolute Gasteiger partial charge is 0.444 e. The minimum atomic E-state index is -0.932. The summed E-state index contributed by atoms with van der Waals surface area (Å²) in [5.41, 5.74) is 5.79. The van der Waals surface area contributed by atoms with Gasteiger partial charge in [-0.2, -0.15) is 0 Å². The van der Waals surface area contributed by atoms with Crippen molar-refractivity contribution in [2.75, 3.05) is 0 Å². The van der Waals surface area contributed by atoms with Gasteiger partial charge in [0.2, 0.25) is 5.91 Å². The Morgan fingerprint density at radius 3 is 2.42 bits per heavy atom. The largest absolute Gasteiger partial charge is 0.508 e. The quantitative estimate of drug-likeness (QED) is 0.598. The van der Waals surface area contributed by atoms with Crippen LogP contribution in [0.15, 0.2) is 30.3 Å². The van der Waals surface area contributed by atoms with Gasteiger partial charge in [0.05, 0.1) is 12.0 Å². The average Bonchev–Trinajstić information content (AvgIpc) is 2.50. The van der Waals surface area contributed by atoms with Gasteiger partial charge in [-0.25, -0.2) is 9.59 Å². The first-order valence-corrected chi connectivity index (χ1v) is 7.52. The fourth-order valence-corrected chi connectivity index (χ4v) is 2.56. The zero-order valence-corrected chi connectivity index (χ0v) is 13.4. The highest BCUT2D eigenvalue weighted by Gasteiger charge is 2.48. The van der Waals surface area contributed by atoms with E-state index in [2.05, 4.69) is 5.32 Å². The molecule has 0 saturated carbocycles. The molecule has 2 amide bonds. The monoisotopic (exact) mass is 336 g/mol. The first-order chi connectivity index (χ1) is 11.4. The second kappa shape index (κ2) is 7.67. The number of hydrogen-bond acceptors (Lipinski definition) is 6. The van der Waals surface area contributed by atoms with E-state index in [-0.39, 0.29) is 12.5 Å². The van der Waals surface area contributed by atoms with Gasteiger partial charge in [0.1, 0.15) is 18.8 Å². The number of nitrogens with two attached hydrogens (primary N) is 1. The highest BCUT2D eigenvalue weighted by Crippen LogP contribution is 2.25. The third-order valence-electron chi connectivity index (χ3n) is 3.79. The van der Waals surface area contributed by atoms with Gasteiger partial charge in [0.25, 0.3) is 0 Å². The molecule has 0 aromatic heterocycles. The van der Waals surface area contributed by atoms with Gasteiger partial charge in [-0.05, 0) is 19.4 Å². The topological polar surface area (TPSA) is 117 Å². The molecule has 1 aliphatic rings. The molecule has 0 unspecified atom stereocenters. The molecule has 1 fully saturated rings. The molecule has 2 rings (SSSR count). The molecule has 24 heavy (non-hydrogen) atoms. The van der Waals surface area contributed by atoms with Crippen LogP contribution in [0.25, 0.3) is 0 Å². The highest BCUT2D eigenvalue weighted by molar-refractivity contribution is 5.87. The lowest BCUT2D eigenvalue weighted by molar-refractivity contribution is -0.146. The van der Waals surface area contributed by atoms with Crippen molar-refractivity contribution in [1.82, 2.24) is 5.32 Å². The Hall–Kier alpha value is -2.77. The van der Waals surface area contributed by atoms with Crippen molar-refractivity contribution < 1.29 is 28.6 Å². The summed E-state index contributed by atoms with van der Waals surface area (Å²) < 4.78 is 15.0. The van der Waals surface area contributed by atoms with E-state index in [4.69, 9.17) is 19.9 Å². The number of carbonyl (C=O) groups excluding carboxylic acids is 3. The van der Waals surface area contributed by atoms with Crippen molar-refractivity contribution in [2.24, 2.45) is 11.7 Å². The zero-order chi connectivity index (χ0) is 17.7. The Morgan fingerprint density at radius 1 is 1.17 bits per heavy atom. The molecule has 0 spiro atoms. The van der Waals surface area contributed by atoms with Crippen LogP contribution < -0.4 is 11.1 Å². The molecule has 3 N–H and O–H groups in total. The standard InChI is InChI=1S/C16H20N2O6/c1-9(12-13(18-14(12)19)10(2)23-15(17)20)24-16(21)22-8-11-6-4-3-5-7-11/h3-7,9-10,12-13H,8H2,1-2H3,(H2,17,20)(H,18,19)/t9-,10+,12-,13-/m1/s1.